The summed E-state index contributed by atoms with van der Waals surface area (Å²) in [4.78, 5) is 60.7. The summed E-state index contributed by atoms with van der Waals surface area (Å²) in [5, 5.41) is 4.96. The quantitative estimate of drug-likeness (QED) is 0.162. The van der Waals surface area contributed by atoms with E-state index in [4.69, 9.17) is 9.72 Å². The number of rotatable bonds is 8. The van der Waals surface area contributed by atoms with Crippen molar-refractivity contribution in [2.45, 2.75) is 102 Å². The van der Waals surface area contributed by atoms with Crippen LogP contribution in [0.1, 0.15) is 123 Å². The monoisotopic (exact) mass is 784 g/mol. The maximum Gasteiger partial charge on any atom is 0.329 e. The topological polar surface area (TPSA) is 145 Å². The largest absolute Gasteiger partial charge is 0.490 e. The van der Waals surface area contributed by atoms with Crippen molar-refractivity contribution in [1.82, 2.24) is 33.7 Å². The Morgan fingerprint density at radius 2 is 1.65 bits per heavy atom. The van der Waals surface area contributed by atoms with E-state index in [2.05, 4.69) is 33.6 Å². The molecule has 0 bridgehead atoms. The first kappa shape index (κ1) is 39.8. The van der Waals surface area contributed by atoms with E-state index in [-0.39, 0.29) is 41.4 Å². The van der Waals surface area contributed by atoms with Crippen molar-refractivity contribution in [2.75, 3.05) is 25.5 Å². The van der Waals surface area contributed by atoms with Crippen LogP contribution >= 0.6 is 0 Å². The number of likely N-dealkylation sites (tertiary alicyclic amines) is 1. The summed E-state index contributed by atoms with van der Waals surface area (Å²) in [5.41, 5.74) is 4.32. The number of pyridine rings is 2. The molecular formula is C42H50F2N8O5. The first-order valence-electron chi connectivity index (χ1n) is 19.9. The van der Waals surface area contributed by atoms with Crippen LogP contribution in [0.4, 0.5) is 14.6 Å². The smallest absolute Gasteiger partial charge is 0.329 e. The number of hydrogen-bond donors (Lipinski definition) is 2. The summed E-state index contributed by atoms with van der Waals surface area (Å²) in [6, 6.07) is 11.2. The summed E-state index contributed by atoms with van der Waals surface area (Å²) in [6.07, 6.45) is 9.46. The molecule has 3 amide bonds. The van der Waals surface area contributed by atoms with E-state index in [0.29, 0.717) is 29.7 Å². The number of hydrogen-bond acceptors (Lipinski definition) is 8. The van der Waals surface area contributed by atoms with Gasteiger partial charge in [0.05, 0.1) is 28.4 Å². The number of ether oxygens (including phenoxy) is 1. The van der Waals surface area contributed by atoms with E-state index >= 15 is 0 Å². The average Bonchev–Trinajstić information content (AvgIpc) is 3.72. The molecule has 2 N–H and O–H groups in total. The zero-order valence-corrected chi connectivity index (χ0v) is 32.8. The third-order valence-electron chi connectivity index (χ3n) is 11.3. The second kappa shape index (κ2) is 17.0. The Balaban J connectivity index is 0.000000177. The molecule has 15 heteroatoms. The molecule has 0 radical (unpaired) electrons. The van der Waals surface area contributed by atoms with Crippen LogP contribution < -0.4 is 21.1 Å². The van der Waals surface area contributed by atoms with Gasteiger partial charge in [-0.05, 0) is 95.8 Å². The maximum atomic E-state index is 13.0. The first-order chi connectivity index (χ1) is 27.4. The number of fused-ring (bicyclic) bond motifs is 2. The van der Waals surface area contributed by atoms with Gasteiger partial charge in [-0.2, -0.15) is 0 Å². The summed E-state index contributed by atoms with van der Waals surface area (Å²) >= 11 is 0. The Bertz CT molecular complexity index is 2340. The summed E-state index contributed by atoms with van der Waals surface area (Å²) in [7, 11) is 3.90. The van der Waals surface area contributed by atoms with Crippen molar-refractivity contribution in [1.29, 1.82) is 0 Å². The number of alkyl halides is 2. The molecule has 1 aliphatic carbocycles. The van der Waals surface area contributed by atoms with Crippen LogP contribution in [-0.2, 0) is 16.6 Å². The number of imide groups is 1. The van der Waals surface area contributed by atoms with Gasteiger partial charge in [0.2, 0.25) is 11.8 Å². The van der Waals surface area contributed by atoms with E-state index in [1.807, 2.05) is 36.6 Å². The molecule has 8 rings (SSSR count). The van der Waals surface area contributed by atoms with Gasteiger partial charge >= 0.3 is 5.69 Å². The van der Waals surface area contributed by atoms with Crippen LogP contribution in [0.5, 0.6) is 5.75 Å². The molecule has 6 heterocycles. The Morgan fingerprint density at radius 3 is 2.35 bits per heavy atom. The van der Waals surface area contributed by atoms with Gasteiger partial charge in [-0.3, -0.25) is 28.8 Å². The second-order valence-electron chi connectivity index (χ2n) is 15.7. The van der Waals surface area contributed by atoms with Crippen molar-refractivity contribution in [2.24, 2.45) is 7.05 Å². The lowest BCUT2D eigenvalue weighted by Gasteiger charge is -2.29. The molecule has 3 fully saturated rings. The first-order valence-corrected chi connectivity index (χ1v) is 19.9. The van der Waals surface area contributed by atoms with E-state index in [1.165, 1.54) is 43.0 Å². The van der Waals surface area contributed by atoms with Crippen LogP contribution in [0.2, 0.25) is 0 Å². The van der Waals surface area contributed by atoms with Gasteiger partial charge < -0.3 is 19.4 Å². The highest BCUT2D eigenvalue weighted by atomic mass is 19.3. The maximum absolute atomic E-state index is 13.0. The minimum Gasteiger partial charge on any atom is -0.490 e. The van der Waals surface area contributed by atoms with Crippen LogP contribution in [0.25, 0.3) is 16.7 Å². The molecule has 3 aliphatic rings. The average molecular weight is 785 g/mol. The Kier molecular flexibility index (Phi) is 11.8. The van der Waals surface area contributed by atoms with E-state index in [0.717, 1.165) is 55.5 Å². The highest BCUT2D eigenvalue weighted by Gasteiger charge is 2.32. The number of nitrogens with one attached hydrogen (secondary N) is 2. The molecule has 1 unspecified atom stereocenters. The van der Waals surface area contributed by atoms with Gasteiger partial charge in [-0.15, -0.1) is 0 Å². The molecule has 13 nitrogen and oxygen atoms in total. The SMILES string of the molecule is CC(C)Oc1cc2nc(C3CCCCC3)cn2cc1C(=O)Nc1cccc(C(F)F)n1.CN1CCC(c2cccc3c2n(C)c(=O)n3C2CCC(=O)NC2=O)CC1. The number of benzene rings is 1. The number of amides is 3. The summed E-state index contributed by atoms with van der Waals surface area (Å²) < 4.78 is 36.8. The number of halogens is 2. The van der Waals surface area contributed by atoms with Crippen LogP contribution in [0.3, 0.4) is 0 Å². The lowest BCUT2D eigenvalue weighted by molar-refractivity contribution is -0.135. The number of piperidine rings is 2. The van der Waals surface area contributed by atoms with Gasteiger partial charge in [-0.25, -0.2) is 23.5 Å². The molecule has 0 spiro atoms. The van der Waals surface area contributed by atoms with E-state index in [1.54, 1.807) is 28.4 Å². The highest BCUT2D eigenvalue weighted by Crippen LogP contribution is 2.35. The molecule has 1 aromatic carbocycles. The number of aryl methyl sites for hydroxylation is 1. The second-order valence-corrected chi connectivity index (χ2v) is 15.7. The fourth-order valence-corrected chi connectivity index (χ4v) is 8.33. The molecule has 302 valence electrons. The third-order valence-corrected chi connectivity index (χ3v) is 11.3. The van der Waals surface area contributed by atoms with Crippen molar-refractivity contribution < 1.29 is 27.9 Å². The molecule has 1 saturated carbocycles. The lowest BCUT2D eigenvalue weighted by Crippen LogP contribution is -2.44. The Hall–Kier alpha value is -5.44. The van der Waals surface area contributed by atoms with Crippen molar-refractivity contribution >= 4 is 40.2 Å². The van der Waals surface area contributed by atoms with Gasteiger partial charge in [0.25, 0.3) is 12.3 Å². The van der Waals surface area contributed by atoms with E-state index < -0.39 is 24.1 Å². The predicted molar refractivity (Wildman–Crippen MR) is 212 cm³/mol. The normalized spacial score (nSPS) is 18.6. The number of aromatic nitrogens is 5. The predicted octanol–water partition coefficient (Wildman–Crippen LogP) is 6.88. The van der Waals surface area contributed by atoms with Crippen molar-refractivity contribution in [3.8, 4) is 5.75 Å². The van der Waals surface area contributed by atoms with Gasteiger partial charge in [0.1, 0.15) is 29.0 Å². The van der Waals surface area contributed by atoms with Crippen LogP contribution in [0, 0.1) is 0 Å². The van der Waals surface area contributed by atoms with Crippen LogP contribution in [-0.4, -0.2) is 72.4 Å². The highest BCUT2D eigenvalue weighted by molar-refractivity contribution is 6.06. The summed E-state index contributed by atoms with van der Waals surface area (Å²) in [5.74, 6) is 0.161. The number of anilines is 1. The molecule has 2 saturated heterocycles. The minimum atomic E-state index is -2.71. The fraction of sp³-hybridized carbons (Fsp3) is 0.476. The molecular weight excluding hydrogens is 735 g/mol. The Morgan fingerprint density at radius 1 is 0.912 bits per heavy atom. The van der Waals surface area contributed by atoms with Crippen molar-refractivity contribution in [3.05, 3.63) is 87.9 Å². The van der Waals surface area contributed by atoms with Gasteiger partial charge in [0, 0.05) is 37.8 Å². The Labute approximate surface area is 329 Å². The van der Waals surface area contributed by atoms with Gasteiger partial charge in [-0.1, -0.05) is 37.5 Å². The molecule has 4 aromatic heterocycles. The molecule has 5 aromatic rings. The van der Waals surface area contributed by atoms with Gasteiger partial charge in [0.15, 0.2) is 0 Å². The third kappa shape index (κ3) is 8.63. The summed E-state index contributed by atoms with van der Waals surface area (Å²) in [6.45, 7) is 5.84. The lowest BCUT2D eigenvalue weighted by atomic mass is 9.87. The van der Waals surface area contributed by atoms with Crippen molar-refractivity contribution in [3.63, 3.8) is 0 Å². The molecule has 1 atom stereocenters. The molecule has 2 aliphatic heterocycles. The standard InChI is InChI=1S/C23H26F2N4O2.C19H24N4O3/c1-14(2)31-19-11-21-27-18(15-7-4-3-5-8-15)13-29(21)12-16(19)23(30)28-20-10-6-9-17(26-20)22(24)25;1-21-10-8-12(9-11-21)13-4-3-5-14-17(13)22(2)19(26)23(14)15-6-7-16(24)20-18(15)25/h6,9-15,22H,3-5,7-8H2,1-2H3,(H,26,28,30);3-5,12,15H,6-11H2,1-2H3,(H,20,24,25). The fourth-order valence-electron chi connectivity index (χ4n) is 8.33. The van der Waals surface area contributed by atoms with Crippen LogP contribution in [0.15, 0.2) is 59.7 Å². The number of nitrogens with zero attached hydrogens (tertiary/aromatic N) is 6. The number of carbonyl (C=O) groups excluding carboxylic acids is 3. The minimum absolute atomic E-state index is 0.0620. The number of para-hydroxylation sites is 1. The zero-order valence-electron chi connectivity index (χ0n) is 32.8. The zero-order chi connectivity index (χ0) is 40.4. The van der Waals surface area contributed by atoms with E-state index in [9.17, 15) is 28.0 Å². The number of imidazole rings is 2. The molecule has 57 heavy (non-hydrogen) atoms. The number of carbonyl (C=O) groups is 3.